The number of nitrogens with two attached hydrogens (primary N) is 1. The Morgan fingerprint density at radius 3 is 2.89 bits per heavy atom. The van der Waals surface area contributed by atoms with Crippen molar-refractivity contribution in [2.24, 2.45) is 5.73 Å². The summed E-state index contributed by atoms with van der Waals surface area (Å²) in [5.74, 6) is -0.118. The first-order chi connectivity index (χ1) is 13.1. The lowest BCUT2D eigenvalue weighted by Gasteiger charge is -2.18. The molecule has 0 saturated carbocycles. The molecule has 0 spiro atoms. The van der Waals surface area contributed by atoms with Crippen molar-refractivity contribution in [3.8, 4) is 5.75 Å². The number of halogens is 1. The maximum atomic E-state index is 13.9. The van der Waals surface area contributed by atoms with Gasteiger partial charge in [0.1, 0.15) is 6.21 Å². The van der Waals surface area contributed by atoms with E-state index in [1.165, 1.54) is 35.7 Å². The predicted molar refractivity (Wildman–Crippen MR) is 108 cm³/mol. The molecule has 0 bridgehead atoms. The Kier molecular flexibility index (Phi) is 4.58. The molecule has 1 radical (unpaired) electrons. The van der Waals surface area contributed by atoms with E-state index in [2.05, 4.69) is 35.6 Å². The highest BCUT2D eigenvalue weighted by Gasteiger charge is 2.34. The average molecular weight is 361 g/mol. The molecule has 1 aromatic heterocycles. The number of hydrogen-bond acceptors (Lipinski definition) is 2. The number of allylic oxidation sites excluding steroid dienone is 2. The second kappa shape index (κ2) is 7.04. The smallest absolute Gasteiger partial charge is 0.494 e. The molecule has 3 heterocycles. The van der Waals surface area contributed by atoms with E-state index in [-0.39, 0.29) is 11.6 Å². The summed E-state index contributed by atoms with van der Waals surface area (Å²) in [4.78, 5) is 0. The molecule has 0 amide bonds. The van der Waals surface area contributed by atoms with Gasteiger partial charge in [-0.25, -0.2) is 4.39 Å². The number of aryl methyl sites for hydroxylation is 1. The summed E-state index contributed by atoms with van der Waals surface area (Å²) in [7, 11) is 3.54. The monoisotopic (exact) mass is 361 g/mol. The Balaban J connectivity index is 1.73. The van der Waals surface area contributed by atoms with Crippen molar-refractivity contribution in [1.82, 2.24) is 4.48 Å². The molecule has 0 aliphatic carbocycles. The van der Waals surface area contributed by atoms with Crippen LogP contribution in [0.15, 0.2) is 42.1 Å². The quantitative estimate of drug-likeness (QED) is 0.831. The van der Waals surface area contributed by atoms with Gasteiger partial charge in [0.25, 0.3) is 0 Å². The van der Waals surface area contributed by atoms with Crippen LogP contribution in [0.5, 0.6) is 5.75 Å². The summed E-state index contributed by atoms with van der Waals surface area (Å²) in [6.07, 6.45) is 10.9. The minimum absolute atomic E-state index is 0.248. The number of benzene rings is 1. The van der Waals surface area contributed by atoms with Crippen molar-refractivity contribution in [1.29, 1.82) is 0 Å². The minimum atomic E-state index is -0.366. The van der Waals surface area contributed by atoms with Gasteiger partial charge in [-0.3, -0.25) is 4.49 Å². The molecular weight excluding hydrogens is 340 g/mol. The lowest BCUT2D eigenvalue weighted by molar-refractivity contribution is -0.307. The van der Waals surface area contributed by atoms with Crippen molar-refractivity contribution in [3.05, 3.63) is 70.4 Å². The first-order valence-corrected chi connectivity index (χ1v) is 8.94. The highest BCUT2D eigenvalue weighted by Crippen LogP contribution is 2.33. The number of hydrogen-bond donors (Lipinski definition) is 1. The van der Waals surface area contributed by atoms with E-state index in [0.29, 0.717) is 6.54 Å². The van der Waals surface area contributed by atoms with Crippen LogP contribution in [0.4, 0.5) is 4.39 Å². The Morgan fingerprint density at radius 1 is 1.30 bits per heavy atom. The van der Waals surface area contributed by atoms with E-state index < -0.39 is 0 Å². The number of methoxy groups -OCH3 is 1. The van der Waals surface area contributed by atoms with Gasteiger partial charge in [-0.15, -0.1) is 0 Å². The average Bonchev–Trinajstić information content (AvgIpc) is 3.25. The molecule has 4 nitrogen and oxygen atoms in total. The molecule has 0 saturated heterocycles. The zero-order valence-electron chi connectivity index (χ0n) is 15.4. The van der Waals surface area contributed by atoms with Crippen LogP contribution in [0.1, 0.15) is 28.9 Å². The highest BCUT2D eigenvalue weighted by atomic mass is 19.1. The Labute approximate surface area is 159 Å². The second-order valence-corrected chi connectivity index (χ2v) is 6.63. The van der Waals surface area contributed by atoms with Gasteiger partial charge in [0.05, 0.1) is 7.11 Å². The van der Waals surface area contributed by atoms with Crippen LogP contribution in [-0.4, -0.2) is 36.4 Å². The lowest BCUT2D eigenvalue weighted by atomic mass is 9.94. The van der Waals surface area contributed by atoms with Gasteiger partial charge in [-0.05, 0) is 55.3 Å². The topological polar surface area (TPSA) is 43.2 Å². The van der Waals surface area contributed by atoms with Gasteiger partial charge in [-0.2, -0.15) is 0 Å². The Bertz CT molecular complexity index is 1030. The third-order valence-corrected chi connectivity index (χ3v) is 4.89. The molecule has 6 heteroatoms. The first kappa shape index (κ1) is 17.6. The molecule has 135 valence electrons. The van der Waals surface area contributed by atoms with Gasteiger partial charge < -0.3 is 14.9 Å². The zero-order chi connectivity index (χ0) is 19.0. The van der Waals surface area contributed by atoms with Crippen LogP contribution in [-0.2, 0) is 0 Å². The molecule has 2 aromatic rings. The normalized spacial score (nSPS) is 15.0. The minimum Gasteiger partial charge on any atom is -0.494 e. The molecule has 2 aliphatic rings. The van der Waals surface area contributed by atoms with Crippen LogP contribution < -0.4 is 10.5 Å². The molecular formula is C21H21BFN3O+. The van der Waals surface area contributed by atoms with Crippen LogP contribution in [0.2, 0.25) is 0 Å². The number of nitrogens with zero attached hydrogens (tertiary/aromatic N) is 2. The van der Waals surface area contributed by atoms with E-state index in [1.54, 1.807) is 6.07 Å². The van der Waals surface area contributed by atoms with Crippen LogP contribution in [0, 0.1) is 12.7 Å². The third-order valence-electron chi connectivity index (χ3n) is 4.89. The molecule has 0 fully saturated rings. The lowest BCUT2D eigenvalue weighted by Crippen LogP contribution is -2.30. The molecule has 4 rings (SSSR count). The third kappa shape index (κ3) is 3.06. The van der Waals surface area contributed by atoms with Crippen molar-refractivity contribution in [2.75, 3.05) is 13.7 Å². The van der Waals surface area contributed by atoms with Crippen molar-refractivity contribution in [3.63, 3.8) is 0 Å². The molecule has 27 heavy (non-hydrogen) atoms. The molecule has 0 unspecified atom stereocenters. The van der Waals surface area contributed by atoms with Crippen LogP contribution >= 0.6 is 0 Å². The highest BCUT2D eigenvalue weighted by molar-refractivity contribution is 6.28. The van der Waals surface area contributed by atoms with E-state index in [1.807, 2.05) is 30.5 Å². The largest absolute Gasteiger partial charge is 0.699 e. The van der Waals surface area contributed by atoms with E-state index in [0.717, 1.165) is 17.7 Å². The fourth-order valence-corrected chi connectivity index (χ4v) is 3.67. The SMILES string of the molecule is COc1ccc(/C=C/c2cc(C)c3n2[B][N+]2=CC=CC2=C3CCN)cc1F. The van der Waals surface area contributed by atoms with Crippen molar-refractivity contribution >= 4 is 31.5 Å². The van der Waals surface area contributed by atoms with Gasteiger partial charge in [0.2, 0.25) is 0 Å². The zero-order valence-corrected chi connectivity index (χ0v) is 15.4. The van der Waals surface area contributed by atoms with E-state index in [9.17, 15) is 4.39 Å². The predicted octanol–water partition coefficient (Wildman–Crippen LogP) is 3.22. The first-order valence-electron chi connectivity index (χ1n) is 8.94. The molecule has 1 aromatic carbocycles. The van der Waals surface area contributed by atoms with Gasteiger partial charge in [-0.1, -0.05) is 12.1 Å². The van der Waals surface area contributed by atoms with Crippen LogP contribution in [0.25, 0.3) is 17.7 Å². The summed E-state index contributed by atoms with van der Waals surface area (Å²) in [6, 6.07) is 7.09. The fourth-order valence-electron chi connectivity index (χ4n) is 3.67. The maximum Gasteiger partial charge on any atom is 0.699 e. The fraction of sp³-hybridized carbons (Fsp3) is 0.190. The van der Waals surface area contributed by atoms with E-state index in [4.69, 9.17) is 10.5 Å². The second-order valence-electron chi connectivity index (χ2n) is 6.63. The maximum absolute atomic E-state index is 13.9. The van der Waals surface area contributed by atoms with E-state index >= 15 is 0 Å². The summed E-state index contributed by atoms with van der Waals surface area (Å²) >= 11 is 0. The number of fused-ring (bicyclic) bond motifs is 2. The number of ether oxygens (including phenoxy) is 1. The number of rotatable bonds is 5. The molecule has 0 atom stereocenters. The summed E-state index contributed by atoms with van der Waals surface area (Å²) in [6.45, 7) is 2.71. The van der Waals surface area contributed by atoms with Crippen molar-refractivity contribution < 1.29 is 13.6 Å². The van der Waals surface area contributed by atoms with Gasteiger partial charge >= 0.3 is 7.55 Å². The van der Waals surface area contributed by atoms with Crippen molar-refractivity contribution in [2.45, 2.75) is 13.3 Å². The Morgan fingerprint density at radius 2 is 2.15 bits per heavy atom. The summed E-state index contributed by atoms with van der Waals surface area (Å²) < 4.78 is 23.2. The number of aromatic nitrogens is 1. The molecule has 2 aliphatic heterocycles. The molecule has 2 N–H and O–H groups in total. The summed E-state index contributed by atoms with van der Waals surface area (Å²) in [5, 5.41) is 0. The Hall–Kier alpha value is -2.86. The van der Waals surface area contributed by atoms with Crippen LogP contribution in [0.3, 0.4) is 0 Å². The standard InChI is InChI=1S/C21H21BFN3O/c1-14-12-16(7-5-15-6-8-20(27-2)18(23)13-15)26-21(14)17(9-10-24)19-4-3-11-25(19)22-26/h3-8,11-13H,9-10,24H2,1-2H3/q+1/b7-5+. The summed E-state index contributed by atoms with van der Waals surface area (Å²) in [5.41, 5.74) is 12.5. The van der Waals surface area contributed by atoms with Gasteiger partial charge in [0.15, 0.2) is 17.3 Å². The van der Waals surface area contributed by atoms with Gasteiger partial charge in [0, 0.05) is 29.1 Å².